The van der Waals surface area contributed by atoms with Gasteiger partial charge in [0.05, 0.1) is 25.4 Å². The highest BCUT2D eigenvalue weighted by Gasteiger charge is 2.44. The molecule has 1 rings (SSSR count). The standard InChI is InChI=1S/C41H77NO8/c1-3-5-7-9-11-13-15-17-19-21-23-25-27-29-31-37(45)42-34(33-49-41-40(48)39(47)38(46)36(32-43)50-41)35(44)30-28-26-24-22-20-18-16-14-12-10-8-6-4-2/h15,17,20,22,34-36,38-41,43-44,46-48H,3-14,16,18-19,21,23-33H2,1-2H3,(H,42,45)/b17-15+,22-20+/t34-,35+,36-,38-,39?,40?,41-/m0/s1. The average Bonchev–Trinajstić information content (AvgIpc) is 3.11. The fraction of sp³-hybridized carbons (Fsp3) is 0.878. The Kier molecular flexibility index (Phi) is 30.2. The Balaban J connectivity index is 2.42. The fourth-order valence-corrected chi connectivity index (χ4v) is 6.38. The Hall–Kier alpha value is -1.33. The van der Waals surface area contributed by atoms with E-state index in [-0.39, 0.29) is 12.5 Å². The van der Waals surface area contributed by atoms with Crippen molar-refractivity contribution in [2.24, 2.45) is 0 Å². The molecule has 1 aliphatic rings. The summed E-state index contributed by atoms with van der Waals surface area (Å²) in [5.74, 6) is -0.165. The molecule has 1 amide bonds. The van der Waals surface area contributed by atoms with Crippen molar-refractivity contribution < 1.29 is 39.8 Å². The number of amides is 1. The van der Waals surface area contributed by atoms with Crippen LogP contribution >= 0.6 is 0 Å². The summed E-state index contributed by atoms with van der Waals surface area (Å²) in [6, 6.07) is -0.735. The molecule has 50 heavy (non-hydrogen) atoms. The topological polar surface area (TPSA) is 149 Å². The van der Waals surface area contributed by atoms with Crippen LogP contribution in [0.2, 0.25) is 0 Å². The number of rotatable bonds is 33. The van der Waals surface area contributed by atoms with Gasteiger partial charge in [-0.25, -0.2) is 0 Å². The van der Waals surface area contributed by atoms with Crippen LogP contribution in [0.5, 0.6) is 0 Å². The van der Waals surface area contributed by atoms with E-state index in [4.69, 9.17) is 9.47 Å². The van der Waals surface area contributed by atoms with Crippen LogP contribution in [0.25, 0.3) is 0 Å². The smallest absolute Gasteiger partial charge is 0.220 e. The van der Waals surface area contributed by atoms with Crippen LogP contribution in [0.4, 0.5) is 0 Å². The van der Waals surface area contributed by atoms with Crippen molar-refractivity contribution in [1.29, 1.82) is 0 Å². The van der Waals surface area contributed by atoms with E-state index in [0.717, 1.165) is 64.2 Å². The number of hydrogen-bond donors (Lipinski definition) is 6. The predicted octanol–water partition coefficient (Wildman–Crippen LogP) is 7.55. The molecule has 0 spiro atoms. The number of carbonyl (C=O) groups excluding carboxylic acids is 1. The van der Waals surface area contributed by atoms with Crippen molar-refractivity contribution in [3.63, 3.8) is 0 Å². The summed E-state index contributed by atoms with van der Waals surface area (Å²) >= 11 is 0. The van der Waals surface area contributed by atoms with Gasteiger partial charge in [0.25, 0.3) is 0 Å². The summed E-state index contributed by atoms with van der Waals surface area (Å²) in [6.45, 7) is 3.77. The highest BCUT2D eigenvalue weighted by molar-refractivity contribution is 5.76. The highest BCUT2D eigenvalue weighted by atomic mass is 16.7. The first-order chi connectivity index (χ1) is 24.3. The third-order valence-electron chi connectivity index (χ3n) is 9.78. The minimum atomic E-state index is -1.56. The molecule has 0 aliphatic carbocycles. The molecule has 0 radical (unpaired) electrons. The summed E-state index contributed by atoms with van der Waals surface area (Å²) in [4.78, 5) is 12.9. The predicted molar refractivity (Wildman–Crippen MR) is 203 cm³/mol. The Morgan fingerprint density at radius 1 is 0.660 bits per heavy atom. The molecule has 6 N–H and O–H groups in total. The largest absolute Gasteiger partial charge is 0.394 e. The number of ether oxygens (including phenoxy) is 2. The summed E-state index contributed by atoms with van der Waals surface area (Å²) in [5, 5.41) is 54.1. The van der Waals surface area contributed by atoms with Crippen LogP contribution in [0.1, 0.15) is 174 Å². The zero-order chi connectivity index (χ0) is 36.7. The first-order valence-electron chi connectivity index (χ1n) is 20.5. The average molecular weight is 712 g/mol. The second-order valence-electron chi connectivity index (χ2n) is 14.4. The Morgan fingerprint density at radius 2 is 1.12 bits per heavy atom. The van der Waals surface area contributed by atoms with Crippen molar-refractivity contribution in [2.75, 3.05) is 13.2 Å². The van der Waals surface area contributed by atoms with E-state index in [9.17, 15) is 30.3 Å². The number of unbranched alkanes of at least 4 members (excludes halogenated alkanes) is 19. The summed E-state index contributed by atoms with van der Waals surface area (Å²) in [5.41, 5.74) is 0. The molecule has 0 aromatic carbocycles. The van der Waals surface area contributed by atoms with E-state index >= 15 is 0 Å². The number of hydrogen-bond acceptors (Lipinski definition) is 8. The molecule has 0 aromatic rings. The minimum Gasteiger partial charge on any atom is -0.394 e. The van der Waals surface area contributed by atoms with Gasteiger partial charge in [-0.15, -0.1) is 0 Å². The molecule has 0 aromatic heterocycles. The van der Waals surface area contributed by atoms with Crippen molar-refractivity contribution >= 4 is 5.91 Å². The summed E-state index contributed by atoms with van der Waals surface area (Å²) in [6.07, 6.45) is 29.0. The third-order valence-corrected chi connectivity index (χ3v) is 9.78. The lowest BCUT2D eigenvalue weighted by Gasteiger charge is -2.40. The summed E-state index contributed by atoms with van der Waals surface area (Å²) < 4.78 is 11.2. The van der Waals surface area contributed by atoms with Gasteiger partial charge in [-0.3, -0.25) is 4.79 Å². The minimum absolute atomic E-state index is 0.153. The highest BCUT2D eigenvalue weighted by Crippen LogP contribution is 2.23. The molecule has 294 valence electrons. The van der Waals surface area contributed by atoms with E-state index in [1.165, 1.54) is 83.5 Å². The molecule has 2 unspecified atom stereocenters. The number of aliphatic hydroxyl groups excluding tert-OH is 5. The Morgan fingerprint density at radius 3 is 1.62 bits per heavy atom. The van der Waals surface area contributed by atoms with Gasteiger partial charge in [0, 0.05) is 6.42 Å². The number of nitrogens with one attached hydrogen (secondary N) is 1. The van der Waals surface area contributed by atoms with Gasteiger partial charge in [0.2, 0.25) is 5.91 Å². The number of aliphatic hydroxyl groups is 5. The van der Waals surface area contributed by atoms with Crippen LogP contribution in [0.3, 0.4) is 0 Å². The number of carbonyl (C=O) groups is 1. The lowest BCUT2D eigenvalue weighted by atomic mass is 9.99. The summed E-state index contributed by atoms with van der Waals surface area (Å²) in [7, 11) is 0. The van der Waals surface area contributed by atoms with Crippen LogP contribution in [0.15, 0.2) is 24.3 Å². The molecule has 9 nitrogen and oxygen atoms in total. The van der Waals surface area contributed by atoms with Gasteiger partial charge < -0.3 is 40.3 Å². The van der Waals surface area contributed by atoms with Gasteiger partial charge in [0.1, 0.15) is 24.4 Å². The maximum absolute atomic E-state index is 12.9. The van der Waals surface area contributed by atoms with E-state index in [1.54, 1.807) is 0 Å². The molecule has 0 saturated carbocycles. The van der Waals surface area contributed by atoms with Crippen molar-refractivity contribution in [3.8, 4) is 0 Å². The fourth-order valence-electron chi connectivity index (χ4n) is 6.38. The molecule has 1 fully saturated rings. The van der Waals surface area contributed by atoms with Gasteiger partial charge >= 0.3 is 0 Å². The van der Waals surface area contributed by atoms with Gasteiger partial charge in [-0.05, 0) is 64.2 Å². The normalized spacial score (nSPS) is 22.4. The van der Waals surface area contributed by atoms with E-state index in [0.29, 0.717) is 12.8 Å². The van der Waals surface area contributed by atoms with E-state index in [1.807, 2.05) is 0 Å². The molecular weight excluding hydrogens is 634 g/mol. The number of allylic oxidation sites excluding steroid dienone is 4. The molecule has 1 saturated heterocycles. The maximum Gasteiger partial charge on any atom is 0.220 e. The monoisotopic (exact) mass is 712 g/mol. The van der Waals surface area contributed by atoms with Crippen LogP contribution < -0.4 is 5.32 Å². The van der Waals surface area contributed by atoms with Gasteiger partial charge in [-0.1, -0.05) is 128 Å². The van der Waals surface area contributed by atoms with Crippen LogP contribution in [-0.4, -0.2) is 87.5 Å². The third kappa shape index (κ3) is 23.3. The lowest BCUT2D eigenvalue weighted by molar-refractivity contribution is -0.302. The van der Waals surface area contributed by atoms with Crippen molar-refractivity contribution in [1.82, 2.24) is 5.32 Å². The van der Waals surface area contributed by atoms with E-state index in [2.05, 4.69) is 43.5 Å². The molecule has 7 atom stereocenters. The van der Waals surface area contributed by atoms with Gasteiger partial charge in [-0.2, -0.15) is 0 Å². The quantitative estimate of drug-likeness (QED) is 0.0302. The zero-order valence-electron chi connectivity index (χ0n) is 31.9. The molecule has 1 heterocycles. The molecule has 1 aliphatic heterocycles. The Bertz CT molecular complexity index is 837. The zero-order valence-corrected chi connectivity index (χ0v) is 31.9. The second-order valence-corrected chi connectivity index (χ2v) is 14.4. The lowest BCUT2D eigenvalue weighted by Crippen LogP contribution is -2.60. The first-order valence-corrected chi connectivity index (χ1v) is 20.5. The van der Waals surface area contributed by atoms with Crippen LogP contribution in [0, 0.1) is 0 Å². The van der Waals surface area contributed by atoms with Gasteiger partial charge in [0.15, 0.2) is 6.29 Å². The van der Waals surface area contributed by atoms with Crippen LogP contribution in [-0.2, 0) is 14.3 Å². The van der Waals surface area contributed by atoms with E-state index < -0.39 is 49.5 Å². The van der Waals surface area contributed by atoms with Crippen molar-refractivity contribution in [2.45, 2.75) is 217 Å². The molecular formula is C41H77NO8. The first kappa shape index (κ1) is 46.7. The van der Waals surface area contributed by atoms with Crippen molar-refractivity contribution in [3.05, 3.63) is 24.3 Å². The molecule has 9 heteroatoms. The Labute approximate surface area is 305 Å². The maximum atomic E-state index is 12.9. The SMILES string of the molecule is CCCCCCC/C=C/CCCCCCCC(=O)N[C@@H](CO[C@H]1O[C@@H](CO)[C@H](O)C(O)C1O)[C@H](O)CCCC/C=C/CCCCCCCCC. The second kappa shape index (κ2) is 32.3. The molecule has 0 bridgehead atoms.